The van der Waals surface area contributed by atoms with Crippen LogP contribution in [-0.2, 0) is 0 Å². The van der Waals surface area contributed by atoms with Crippen LogP contribution in [-0.4, -0.2) is 15.2 Å². The third-order valence-corrected chi connectivity index (χ3v) is 1.08. The summed E-state index contributed by atoms with van der Waals surface area (Å²) in [7, 11) is 0. The fourth-order valence-electron chi connectivity index (χ4n) is 0.456. The SMILES string of the molecule is CC(N)c1nc(Cl)n[nH]1. The second-order valence-electron chi connectivity index (χ2n) is 1.78. The van der Waals surface area contributed by atoms with Gasteiger partial charge in [-0.3, -0.25) is 5.10 Å². The summed E-state index contributed by atoms with van der Waals surface area (Å²) in [5, 5.41) is 6.38. The Morgan fingerprint density at radius 2 is 2.44 bits per heavy atom. The third-order valence-electron chi connectivity index (χ3n) is 0.907. The highest BCUT2D eigenvalue weighted by molar-refractivity contribution is 6.28. The molecule has 5 heteroatoms. The maximum absolute atomic E-state index is 5.43. The van der Waals surface area contributed by atoms with Crippen molar-refractivity contribution < 1.29 is 0 Å². The van der Waals surface area contributed by atoms with E-state index < -0.39 is 0 Å². The van der Waals surface area contributed by atoms with Gasteiger partial charge in [0.05, 0.1) is 6.04 Å². The smallest absolute Gasteiger partial charge is 0.242 e. The minimum atomic E-state index is -0.134. The molecular formula is C4H7ClN4. The number of rotatable bonds is 1. The minimum absolute atomic E-state index is 0.134. The van der Waals surface area contributed by atoms with Crippen LogP contribution in [0.4, 0.5) is 0 Å². The van der Waals surface area contributed by atoms with Gasteiger partial charge in [0.1, 0.15) is 5.82 Å². The first-order valence-corrected chi connectivity index (χ1v) is 2.91. The van der Waals surface area contributed by atoms with E-state index >= 15 is 0 Å². The topological polar surface area (TPSA) is 67.6 Å². The van der Waals surface area contributed by atoms with Crippen LogP contribution in [0, 0.1) is 0 Å². The number of nitrogens with zero attached hydrogens (tertiary/aromatic N) is 2. The molecule has 1 aromatic heterocycles. The van der Waals surface area contributed by atoms with Gasteiger partial charge in [-0.25, -0.2) is 4.98 Å². The molecule has 3 N–H and O–H groups in total. The Balaban J connectivity index is 2.85. The Bertz CT molecular complexity index is 194. The number of hydrogen-bond acceptors (Lipinski definition) is 3. The highest BCUT2D eigenvalue weighted by atomic mass is 35.5. The van der Waals surface area contributed by atoms with Gasteiger partial charge in [0, 0.05) is 0 Å². The van der Waals surface area contributed by atoms with E-state index in [1.54, 1.807) is 6.92 Å². The van der Waals surface area contributed by atoms with E-state index in [0.717, 1.165) is 0 Å². The van der Waals surface area contributed by atoms with E-state index in [4.69, 9.17) is 17.3 Å². The average Bonchev–Trinajstić information content (AvgIpc) is 2.14. The van der Waals surface area contributed by atoms with Gasteiger partial charge in [0.2, 0.25) is 5.28 Å². The van der Waals surface area contributed by atoms with Crippen molar-refractivity contribution in [3.05, 3.63) is 11.1 Å². The van der Waals surface area contributed by atoms with Crippen molar-refractivity contribution in [1.82, 2.24) is 15.2 Å². The highest BCUT2D eigenvalue weighted by Crippen LogP contribution is 2.04. The fourth-order valence-corrected chi connectivity index (χ4v) is 0.590. The number of aromatic nitrogens is 3. The summed E-state index contributed by atoms with van der Waals surface area (Å²) < 4.78 is 0. The maximum Gasteiger partial charge on any atom is 0.242 e. The first kappa shape index (κ1) is 6.51. The molecule has 0 bridgehead atoms. The van der Waals surface area contributed by atoms with Crippen LogP contribution in [0.15, 0.2) is 0 Å². The zero-order valence-electron chi connectivity index (χ0n) is 4.93. The Morgan fingerprint density at radius 1 is 1.78 bits per heavy atom. The molecule has 1 atom stereocenters. The quantitative estimate of drug-likeness (QED) is 0.606. The molecular weight excluding hydrogens is 140 g/mol. The number of H-pyrrole nitrogens is 1. The molecule has 0 radical (unpaired) electrons. The van der Waals surface area contributed by atoms with Gasteiger partial charge >= 0.3 is 0 Å². The summed E-state index contributed by atoms with van der Waals surface area (Å²) >= 11 is 5.40. The molecule has 4 nitrogen and oxygen atoms in total. The monoisotopic (exact) mass is 146 g/mol. The lowest BCUT2D eigenvalue weighted by Gasteiger charge is -1.94. The molecule has 9 heavy (non-hydrogen) atoms. The van der Waals surface area contributed by atoms with Gasteiger partial charge in [-0.15, -0.1) is 5.10 Å². The van der Waals surface area contributed by atoms with Gasteiger partial charge in [-0.05, 0) is 18.5 Å². The molecule has 0 saturated carbocycles. The van der Waals surface area contributed by atoms with E-state index in [1.807, 2.05) is 0 Å². The van der Waals surface area contributed by atoms with Crippen LogP contribution in [0.1, 0.15) is 18.8 Å². The molecule has 1 unspecified atom stereocenters. The maximum atomic E-state index is 5.43. The largest absolute Gasteiger partial charge is 0.322 e. The van der Waals surface area contributed by atoms with Crippen LogP contribution in [0.25, 0.3) is 0 Å². The lowest BCUT2D eigenvalue weighted by molar-refractivity contribution is 0.745. The van der Waals surface area contributed by atoms with Crippen molar-refractivity contribution in [1.29, 1.82) is 0 Å². The molecule has 0 amide bonds. The molecule has 1 heterocycles. The van der Waals surface area contributed by atoms with Crippen LogP contribution in [0.5, 0.6) is 0 Å². The van der Waals surface area contributed by atoms with Crippen molar-refractivity contribution in [3.8, 4) is 0 Å². The minimum Gasteiger partial charge on any atom is -0.322 e. The van der Waals surface area contributed by atoms with Crippen molar-refractivity contribution in [2.24, 2.45) is 5.73 Å². The number of halogens is 1. The van der Waals surface area contributed by atoms with Gasteiger partial charge in [-0.1, -0.05) is 0 Å². The zero-order valence-corrected chi connectivity index (χ0v) is 5.68. The second kappa shape index (κ2) is 2.33. The predicted molar refractivity (Wildman–Crippen MR) is 34.0 cm³/mol. The van der Waals surface area contributed by atoms with Gasteiger partial charge < -0.3 is 5.73 Å². The van der Waals surface area contributed by atoms with E-state index in [-0.39, 0.29) is 11.3 Å². The molecule has 0 aromatic carbocycles. The van der Waals surface area contributed by atoms with Crippen LogP contribution in [0.2, 0.25) is 5.28 Å². The van der Waals surface area contributed by atoms with E-state index in [1.165, 1.54) is 0 Å². The van der Waals surface area contributed by atoms with E-state index in [9.17, 15) is 0 Å². The molecule has 0 aliphatic heterocycles. The van der Waals surface area contributed by atoms with E-state index in [0.29, 0.717) is 5.82 Å². The Kier molecular flexibility index (Phi) is 1.68. The summed E-state index contributed by atoms with van der Waals surface area (Å²) in [5.41, 5.74) is 5.43. The Morgan fingerprint density at radius 3 is 2.67 bits per heavy atom. The lowest BCUT2D eigenvalue weighted by Crippen LogP contribution is -2.06. The summed E-state index contributed by atoms with van der Waals surface area (Å²) in [6.45, 7) is 1.80. The fraction of sp³-hybridized carbons (Fsp3) is 0.500. The number of aromatic amines is 1. The third kappa shape index (κ3) is 1.40. The molecule has 50 valence electrons. The van der Waals surface area contributed by atoms with Crippen molar-refractivity contribution in [2.45, 2.75) is 13.0 Å². The standard InChI is InChI=1S/C4H7ClN4/c1-2(6)3-7-4(5)9-8-3/h2H,6H2,1H3,(H,7,8,9). The van der Waals surface area contributed by atoms with Crippen LogP contribution < -0.4 is 5.73 Å². The molecule has 0 aliphatic rings. The van der Waals surface area contributed by atoms with Crippen molar-refractivity contribution in [2.75, 3.05) is 0 Å². The normalized spacial score (nSPS) is 13.7. The number of nitrogens with one attached hydrogen (secondary N) is 1. The molecule has 0 saturated heterocycles. The molecule has 1 rings (SSSR count). The lowest BCUT2D eigenvalue weighted by atomic mass is 10.4. The number of nitrogens with two attached hydrogens (primary N) is 1. The molecule has 0 fully saturated rings. The molecule has 0 aliphatic carbocycles. The first-order valence-electron chi connectivity index (χ1n) is 2.53. The Hall–Kier alpha value is -0.610. The molecule has 0 spiro atoms. The zero-order chi connectivity index (χ0) is 6.85. The highest BCUT2D eigenvalue weighted by Gasteiger charge is 2.03. The summed E-state index contributed by atoms with van der Waals surface area (Å²) in [4.78, 5) is 3.78. The summed E-state index contributed by atoms with van der Waals surface area (Å²) in [5.74, 6) is 0.611. The molecule has 1 aromatic rings. The van der Waals surface area contributed by atoms with Crippen LogP contribution in [0.3, 0.4) is 0 Å². The predicted octanol–water partition coefficient (Wildman–Crippen LogP) is 0.478. The van der Waals surface area contributed by atoms with E-state index in [2.05, 4.69) is 15.2 Å². The van der Waals surface area contributed by atoms with Gasteiger partial charge in [-0.2, -0.15) is 0 Å². The summed E-state index contributed by atoms with van der Waals surface area (Å²) in [6, 6.07) is -0.134. The number of hydrogen-bond donors (Lipinski definition) is 2. The second-order valence-corrected chi connectivity index (χ2v) is 2.12. The van der Waals surface area contributed by atoms with Gasteiger partial charge in [0.25, 0.3) is 0 Å². The van der Waals surface area contributed by atoms with Crippen LogP contribution >= 0.6 is 11.6 Å². The van der Waals surface area contributed by atoms with Gasteiger partial charge in [0.15, 0.2) is 0 Å². The average molecular weight is 147 g/mol. The Labute approximate surface area is 57.4 Å². The summed E-state index contributed by atoms with van der Waals surface area (Å²) in [6.07, 6.45) is 0. The van der Waals surface area contributed by atoms with Crippen molar-refractivity contribution >= 4 is 11.6 Å². The van der Waals surface area contributed by atoms with Crippen molar-refractivity contribution in [3.63, 3.8) is 0 Å². The first-order chi connectivity index (χ1) is 4.20.